The lowest BCUT2D eigenvalue weighted by molar-refractivity contribution is -0.134. The highest BCUT2D eigenvalue weighted by atomic mass is 16.3. The van der Waals surface area contributed by atoms with Crippen molar-refractivity contribution in [2.75, 3.05) is 19.7 Å². The van der Waals surface area contributed by atoms with E-state index in [1.807, 2.05) is 4.90 Å². The van der Waals surface area contributed by atoms with Crippen molar-refractivity contribution < 1.29 is 9.90 Å². The summed E-state index contributed by atoms with van der Waals surface area (Å²) in [6.07, 6.45) is 2.94. The number of aliphatic hydroxyl groups excluding tert-OH is 1. The van der Waals surface area contributed by atoms with Gasteiger partial charge in [-0.1, -0.05) is 0 Å². The van der Waals surface area contributed by atoms with Crippen molar-refractivity contribution in [3.8, 4) is 0 Å². The molecule has 0 aromatic carbocycles. The lowest BCUT2D eigenvalue weighted by atomic mass is 9.95. The van der Waals surface area contributed by atoms with Gasteiger partial charge in [0.15, 0.2) is 0 Å². The number of nitrogens with zero attached hydrogens (tertiary/aromatic N) is 1. The molecular formula is C10H20N2O2. The van der Waals surface area contributed by atoms with Gasteiger partial charge in [0, 0.05) is 19.7 Å². The molecule has 1 fully saturated rings. The van der Waals surface area contributed by atoms with Crippen molar-refractivity contribution in [1.29, 1.82) is 0 Å². The highest BCUT2D eigenvalue weighted by molar-refractivity contribution is 5.81. The van der Waals surface area contributed by atoms with Crippen LogP contribution in [0.5, 0.6) is 0 Å². The Morgan fingerprint density at radius 2 is 2.43 bits per heavy atom. The lowest BCUT2D eigenvalue weighted by Crippen LogP contribution is -2.46. The second kappa shape index (κ2) is 5.32. The van der Waals surface area contributed by atoms with Crippen LogP contribution >= 0.6 is 0 Å². The maximum Gasteiger partial charge on any atom is 0.239 e. The second-order valence-corrected chi connectivity index (χ2v) is 4.09. The summed E-state index contributed by atoms with van der Waals surface area (Å²) < 4.78 is 0. The quantitative estimate of drug-likeness (QED) is 0.671. The molecule has 0 spiro atoms. The summed E-state index contributed by atoms with van der Waals surface area (Å²) in [4.78, 5) is 13.4. The Balaban J connectivity index is 2.43. The van der Waals surface area contributed by atoms with Crippen LogP contribution in [0.1, 0.15) is 26.2 Å². The first kappa shape index (κ1) is 11.5. The van der Waals surface area contributed by atoms with E-state index in [4.69, 9.17) is 10.8 Å². The molecule has 82 valence electrons. The molecule has 0 saturated carbocycles. The number of nitrogens with two attached hydrogens (primary N) is 1. The number of hydrogen-bond donors (Lipinski definition) is 2. The third-order valence-electron chi connectivity index (χ3n) is 2.76. The number of carbonyl (C=O) groups is 1. The average molecular weight is 200 g/mol. The zero-order valence-corrected chi connectivity index (χ0v) is 8.78. The van der Waals surface area contributed by atoms with Crippen molar-refractivity contribution in [1.82, 2.24) is 4.90 Å². The van der Waals surface area contributed by atoms with Gasteiger partial charge in [-0.25, -0.2) is 0 Å². The maximum atomic E-state index is 11.6. The van der Waals surface area contributed by atoms with Crippen molar-refractivity contribution >= 4 is 5.91 Å². The number of hydrogen-bond acceptors (Lipinski definition) is 3. The van der Waals surface area contributed by atoms with E-state index in [1.165, 1.54) is 0 Å². The molecule has 4 nitrogen and oxygen atoms in total. The molecular weight excluding hydrogens is 180 g/mol. The van der Waals surface area contributed by atoms with Crippen molar-refractivity contribution in [3.05, 3.63) is 0 Å². The molecule has 1 rings (SSSR count). The first-order chi connectivity index (χ1) is 6.65. The number of aliphatic hydroxyl groups is 1. The Kier molecular flexibility index (Phi) is 4.35. The van der Waals surface area contributed by atoms with Gasteiger partial charge < -0.3 is 15.7 Å². The number of carbonyl (C=O) groups excluding carboxylic acids is 1. The van der Waals surface area contributed by atoms with E-state index in [2.05, 4.69) is 0 Å². The Labute approximate surface area is 85.1 Å². The molecule has 14 heavy (non-hydrogen) atoms. The van der Waals surface area contributed by atoms with Gasteiger partial charge in [-0.05, 0) is 32.1 Å². The van der Waals surface area contributed by atoms with Crippen LogP contribution in [0, 0.1) is 5.92 Å². The van der Waals surface area contributed by atoms with Gasteiger partial charge in [0.05, 0.1) is 6.04 Å². The first-order valence-corrected chi connectivity index (χ1v) is 5.30. The monoisotopic (exact) mass is 200 g/mol. The molecule has 2 atom stereocenters. The molecule has 0 aromatic rings. The van der Waals surface area contributed by atoms with Gasteiger partial charge in [0.1, 0.15) is 0 Å². The third kappa shape index (κ3) is 2.96. The van der Waals surface area contributed by atoms with E-state index in [0.29, 0.717) is 5.92 Å². The van der Waals surface area contributed by atoms with Crippen LogP contribution in [0.15, 0.2) is 0 Å². The lowest BCUT2D eigenvalue weighted by Gasteiger charge is -2.33. The zero-order chi connectivity index (χ0) is 10.6. The highest BCUT2D eigenvalue weighted by Gasteiger charge is 2.24. The normalized spacial score (nSPS) is 24.8. The average Bonchev–Trinajstić information content (AvgIpc) is 2.17. The number of likely N-dealkylation sites (tertiary alicyclic amines) is 1. The van der Waals surface area contributed by atoms with Crippen molar-refractivity contribution in [2.45, 2.75) is 32.2 Å². The van der Waals surface area contributed by atoms with Crippen molar-refractivity contribution in [3.63, 3.8) is 0 Å². The van der Waals surface area contributed by atoms with E-state index in [-0.39, 0.29) is 12.5 Å². The predicted octanol–water partition coefficient (Wildman–Crippen LogP) is -0.0454. The van der Waals surface area contributed by atoms with Crippen LogP contribution < -0.4 is 5.73 Å². The molecule has 1 saturated heterocycles. The number of rotatable bonds is 3. The molecule has 1 aliphatic rings. The van der Waals surface area contributed by atoms with Gasteiger partial charge in [-0.2, -0.15) is 0 Å². The summed E-state index contributed by atoms with van der Waals surface area (Å²) in [5, 5.41) is 8.82. The summed E-state index contributed by atoms with van der Waals surface area (Å²) in [6.45, 7) is 3.52. The topological polar surface area (TPSA) is 66.6 Å². The van der Waals surface area contributed by atoms with Gasteiger partial charge >= 0.3 is 0 Å². The number of amides is 1. The van der Waals surface area contributed by atoms with E-state index in [1.54, 1.807) is 6.92 Å². The smallest absolute Gasteiger partial charge is 0.239 e. The molecule has 4 heteroatoms. The summed E-state index contributed by atoms with van der Waals surface area (Å²) in [7, 11) is 0. The molecule has 0 bridgehead atoms. The Morgan fingerprint density at radius 3 is 3.00 bits per heavy atom. The van der Waals surface area contributed by atoms with Crippen LogP contribution in [-0.4, -0.2) is 41.7 Å². The fourth-order valence-corrected chi connectivity index (χ4v) is 1.97. The van der Waals surface area contributed by atoms with Crippen molar-refractivity contribution in [2.24, 2.45) is 11.7 Å². The predicted molar refractivity (Wildman–Crippen MR) is 54.7 cm³/mol. The molecule has 0 aliphatic carbocycles. The minimum atomic E-state index is -0.400. The summed E-state index contributed by atoms with van der Waals surface area (Å²) in [6, 6.07) is -0.400. The van der Waals surface area contributed by atoms with Crippen LogP contribution in [0.4, 0.5) is 0 Å². The maximum absolute atomic E-state index is 11.6. The van der Waals surface area contributed by atoms with E-state index < -0.39 is 6.04 Å². The summed E-state index contributed by atoms with van der Waals surface area (Å²) in [5.41, 5.74) is 5.55. The van der Waals surface area contributed by atoms with Crippen LogP contribution in [0.25, 0.3) is 0 Å². The van der Waals surface area contributed by atoms with Crippen LogP contribution in [0.2, 0.25) is 0 Å². The summed E-state index contributed by atoms with van der Waals surface area (Å²) >= 11 is 0. The fourth-order valence-electron chi connectivity index (χ4n) is 1.97. The SMILES string of the molecule is CC(N)C(=O)N1CCCC(CCO)C1. The molecule has 0 aromatic heterocycles. The Hall–Kier alpha value is -0.610. The van der Waals surface area contributed by atoms with Crippen LogP contribution in [0.3, 0.4) is 0 Å². The number of piperidine rings is 1. The van der Waals surface area contributed by atoms with E-state index >= 15 is 0 Å². The van der Waals surface area contributed by atoms with Gasteiger partial charge in [0.25, 0.3) is 0 Å². The molecule has 1 amide bonds. The minimum Gasteiger partial charge on any atom is -0.396 e. The van der Waals surface area contributed by atoms with Gasteiger partial charge in [0.2, 0.25) is 5.91 Å². The first-order valence-electron chi connectivity index (χ1n) is 5.30. The molecule has 0 radical (unpaired) electrons. The zero-order valence-electron chi connectivity index (χ0n) is 8.78. The van der Waals surface area contributed by atoms with Gasteiger partial charge in [-0.15, -0.1) is 0 Å². The molecule has 1 aliphatic heterocycles. The van der Waals surface area contributed by atoms with Gasteiger partial charge in [-0.3, -0.25) is 4.79 Å². The Morgan fingerprint density at radius 1 is 1.71 bits per heavy atom. The van der Waals surface area contributed by atoms with E-state index in [0.717, 1.165) is 32.4 Å². The minimum absolute atomic E-state index is 0.0349. The highest BCUT2D eigenvalue weighted by Crippen LogP contribution is 2.19. The second-order valence-electron chi connectivity index (χ2n) is 4.09. The Bertz CT molecular complexity index is 193. The fraction of sp³-hybridized carbons (Fsp3) is 0.900. The largest absolute Gasteiger partial charge is 0.396 e. The van der Waals surface area contributed by atoms with E-state index in [9.17, 15) is 4.79 Å². The molecule has 2 unspecified atom stereocenters. The molecule has 3 N–H and O–H groups in total. The van der Waals surface area contributed by atoms with Crippen LogP contribution in [-0.2, 0) is 4.79 Å². The standard InChI is InChI=1S/C10H20N2O2/c1-8(11)10(14)12-5-2-3-9(7-12)4-6-13/h8-9,13H,2-7,11H2,1H3. The summed E-state index contributed by atoms with van der Waals surface area (Å²) in [5.74, 6) is 0.490. The third-order valence-corrected chi connectivity index (χ3v) is 2.76. The molecule has 1 heterocycles.